The Bertz CT molecular complexity index is 630. The van der Waals surface area contributed by atoms with Crippen molar-refractivity contribution in [3.05, 3.63) is 40.2 Å². The molecule has 2 aromatic rings. The van der Waals surface area contributed by atoms with Crippen LogP contribution in [0, 0.1) is 0 Å². The summed E-state index contributed by atoms with van der Waals surface area (Å²) in [4.78, 5) is 22.2. The molecule has 1 aromatic heterocycles. The summed E-state index contributed by atoms with van der Waals surface area (Å²) in [7, 11) is 1.52. The number of ether oxygens (including phenoxy) is 1. The van der Waals surface area contributed by atoms with Crippen molar-refractivity contribution in [1.82, 2.24) is 0 Å². The van der Waals surface area contributed by atoms with E-state index in [9.17, 15) is 9.59 Å². The van der Waals surface area contributed by atoms with E-state index in [0.29, 0.717) is 22.3 Å². The van der Waals surface area contributed by atoms with Crippen LogP contribution in [-0.2, 0) is 11.2 Å². The van der Waals surface area contributed by atoms with Crippen molar-refractivity contribution in [1.29, 1.82) is 0 Å². The molecule has 0 unspecified atom stereocenters. The van der Waals surface area contributed by atoms with Gasteiger partial charge in [-0.15, -0.1) is 0 Å². The number of carbonyl (C=O) groups is 1. The summed E-state index contributed by atoms with van der Waals surface area (Å²) in [6.45, 7) is 0. The van der Waals surface area contributed by atoms with E-state index in [1.165, 1.54) is 13.2 Å². The summed E-state index contributed by atoms with van der Waals surface area (Å²) < 4.78 is 10.1. The third-order valence-corrected chi connectivity index (χ3v) is 2.50. The lowest BCUT2D eigenvalue weighted by Crippen LogP contribution is -2.03. The molecule has 88 valence electrons. The summed E-state index contributed by atoms with van der Waals surface area (Å²) in [6, 6.07) is 6.32. The Morgan fingerprint density at radius 2 is 2.18 bits per heavy atom. The fourth-order valence-electron chi connectivity index (χ4n) is 1.63. The number of fused-ring (bicyclic) bond motifs is 1. The van der Waals surface area contributed by atoms with Crippen LogP contribution in [0.2, 0.25) is 0 Å². The molecule has 0 saturated carbocycles. The summed E-state index contributed by atoms with van der Waals surface area (Å²) in [5, 5.41) is 0.159. The molecular formula is C12H9ClO4. The van der Waals surface area contributed by atoms with E-state index >= 15 is 0 Å². The Hall–Kier alpha value is -1.81. The third-order valence-electron chi connectivity index (χ3n) is 2.37. The predicted octanol–water partition coefficient (Wildman–Crippen LogP) is 2.11. The highest BCUT2D eigenvalue weighted by Crippen LogP contribution is 2.23. The van der Waals surface area contributed by atoms with Crippen molar-refractivity contribution in [3.63, 3.8) is 0 Å². The average molecular weight is 253 g/mol. The summed E-state index contributed by atoms with van der Waals surface area (Å²) in [5.74, 6) is 0.579. The minimum atomic E-state index is -0.521. The molecule has 0 fully saturated rings. The number of hydrogen-bond acceptors (Lipinski definition) is 4. The van der Waals surface area contributed by atoms with E-state index < -0.39 is 10.9 Å². The van der Waals surface area contributed by atoms with Gasteiger partial charge in [-0.3, -0.25) is 4.79 Å². The summed E-state index contributed by atoms with van der Waals surface area (Å²) >= 11 is 5.33. The summed E-state index contributed by atoms with van der Waals surface area (Å²) in [6.07, 6.45) is -0.00398. The van der Waals surface area contributed by atoms with E-state index in [2.05, 4.69) is 0 Å². The van der Waals surface area contributed by atoms with Crippen molar-refractivity contribution < 1.29 is 13.9 Å². The molecule has 4 nitrogen and oxygen atoms in total. The lowest BCUT2D eigenvalue weighted by Gasteiger charge is -2.04. The standard InChI is InChI=1S/C12H9ClO4/c1-16-8-2-3-9-7(4-11(13)14)5-12(15)17-10(9)6-8/h2-3,5-6H,4H2,1H3. The second kappa shape index (κ2) is 4.59. The van der Waals surface area contributed by atoms with E-state index in [1.54, 1.807) is 18.2 Å². The molecule has 5 heteroatoms. The molecule has 0 saturated heterocycles. The van der Waals surface area contributed by atoms with Crippen molar-refractivity contribution >= 4 is 27.8 Å². The van der Waals surface area contributed by atoms with Gasteiger partial charge in [0.25, 0.3) is 0 Å². The Morgan fingerprint density at radius 1 is 1.41 bits per heavy atom. The maximum Gasteiger partial charge on any atom is 0.336 e. The van der Waals surface area contributed by atoms with E-state index in [1.807, 2.05) is 0 Å². The minimum Gasteiger partial charge on any atom is -0.497 e. The highest BCUT2D eigenvalue weighted by Gasteiger charge is 2.09. The second-order valence-electron chi connectivity index (χ2n) is 3.48. The van der Waals surface area contributed by atoms with Gasteiger partial charge in [0.2, 0.25) is 5.24 Å². The molecule has 0 aliphatic heterocycles. The van der Waals surface area contributed by atoms with Gasteiger partial charge in [-0.1, -0.05) is 0 Å². The van der Waals surface area contributed by atoms with Gasteiger partial charge < -0.3 is 9.15 Å². The van der Waals surface area contributed by atoms with Crippen LogP contribution < -0.4 is 10.4 Å². The zero-order valence-electron chi connectivity index (χ0n) is 9.03. The molecule has 0 atom stereocenters. The van der Waals surface area contributed by atoms with Gasteiger partial charge in [0.1, 0.15) is 11.3 Å². The molecule has 17 heavy (non-hydrogen) atoms. The topological polar surface area (TPSA) is 56.5 Å². The fraction of sp³-hybridized carbons (Fsp3) is 0.167. The third kappa shape index (κ3) is 2.47. The smallest absolute Gasteiger partial charge is 0.336 e. The minimum absolute atomic E-state index is 0.00398. The van der Waals surface area contributed by atoms with Gasteiger partial charge in [-0.25, -0.2) is 4.79 Å². The van der Waals surface area contributed by atoms with Crippen LogP contribution in [0.25, 0.3) is 11.0 Å². The SMILES string of the molecule is COc1ccc2c(CC(=O)Cl)cc(=O)oc2c1. The predicted molar refractivity (Wildman–Crippen MR) is 63.6 cm³/mol. The van der Waals surface area contributed by atoms with E-state index in [-0.39, 0.29) is 6.42 Å². The molecule has 0 radical (unpaired) electrons. The van der Waals surface area contributed by atoms with Gasteiger partial charge in [0, 0.05) is 23.9 Å². The van der Waals surface area contributed by atoms with Crippen LogP contribution in [-0.4, -0.2) is 12.4 Å². The van der Waals surface area contributed by atoms with Crippen LogP contribution in [0.1, 0.15) is 5.56 Å². The number of halogens is 1. The largest absolute Gasteiger partial charge is 0.497 e. The van der Waals surface area contributed by atoms with E-state index in [0.717, 1.165) is 0 Å². The maximum atomic E-state index is 11.3. The molecular weight excluding hydrogens is 244 g/mol. The molecule has 1 aromatic carbocycles. The van der Waals surface area contributed by atoms with Crippen molar-refractivity contribution in [3.8, 4) is 5.75 Å². The van der Waals surface area contributed by atoms with Gasteiger partial charge >= 0.3 is 5.63 Å². The van der Waals surface area contributed by atoms with Crippen molar-refractivity contribution in [2.75, 3.05) is 7.11 Å². The molecule has 2 rings (SSSR count). The molecule has 0 N–H and O–H groups in total. The van der Waals surface area contributed by atoms with Crippen molar-refractivity contribution in [2.24, 2.45) is 0 Å². The van der Waals surface area contributed by atoms with Gasteiger partial charge in [0.05, 0.1) is 7.11 Å². The van der Waals surface area contributed by atoms with Gasteiger partial charge in [0.15, 0.2) is 0 Å². The van der Waals surface area contributed by atoms with Crippen LogP contribution in [0.3, 0.4) is 0 Å². The zero-order valence-corrected chi connectivity index (χ0v) is 9.78. The Kier molecular flexibility index (Phi) is 3.15. The lowest BCUT2D eigenvalue weighted by atomic mass is 10.1. The molecule has 0 bridgehead atoms. The van der Waals surface area contributed by atoms with Gasteiger partial charge in [-0.2, -0.15) is 0 Å². The van der Waals surface area contributed by atoms with Crippen LogP contribution in [0.15, 0.2) is 33.5 Å². The first kappa shape index (κ1) is 11.7. The second-order valence-corrected chi connectivity index (χ2v) is 3.91. The molecule has 0 amide bonds. The highest BCUT2D eigenvalue weighted by molar-refractivity contribution is 6.63. The van der Waals surface area contributed by atoms with Gasteiger partial charge in [-0.05, 0) is 29.3 Å². The normalized spacial score (nSPS) is 10.5. The Labute approximate surface area is 102 Å². The fourth-order valence-corrected chi connectivity index (χ4v) is 1.78. The summed E-state index contributed by atoms with van der Waals surface area (Å²) in [5.41, 5.74) is 0.419. The van der Waals surface area contributed by atoms with E-state index in [4.69, 9.17) is 20.8 Å². The first-order valence-electron chi connectivity index (χ1n) is 4.89. The zero-order chi connectivity index (χ0) is 12.4. The maximum absolute atomic E-state index is 11.3. The highest BCUT2D eigenvalue weighted by atomic mass is 35.5. The number of carbonyl (C=O) groups excluding carboxylic acids is 1. The average Bonchev–Trinajstić information content (AvgIpc) is 2.27. The molecule has 0 aliphatic carbocycles. The molecule has 1 heterocycles. The number of rotatable bonds is 3. The Balaban J connectivity index is 2.67. The van der Waals surface area contributed by atoms with Crippen molar-refractivity contribution in [2.45, 2.75) is 6.42 Å². The number of benzene rings is 1. The molecule has 0 aliphatic rings. The quantitative estimate of drug-likeness (QED) is 0.620. The lowest BCUT2D eigenvalue weighted by molar-refractivity contribution is -0.111. The molecule has 0 spiro atoms. The first-order chi connectivity index (χ1) is 8.10. The van der Waals surface area contributed by atoms with Crippen LogP contribution in [0.4, 0.5) is 0 Å². The number of methoxy groups -OCH3 is 1. The van der Waals surface area contributed by atoms with Crippen LogP contribution in [0.5, 0.6) is 5.75 Å². The van der Waals surface area contributed by atoms with Crippen LogP contribution >= 0.6 is 11.6 Å². The number of hydrogen-bond donors (Lipinski definition) is 0. The Morgan fingerprint density at radius 3 is 2.82 bits per heavy atom. The monoisotopic (exact) mass is 252 g/mol. The first-order valence-corrected chi connectivity index (χ1v) is 5.27.